The number of nitrogens with zero attached hydrogens (tertiary/aromatic N) is 1. The summed E-state index contributed by atoms with van der Waals surface area (Å²) in [4.78, 5) is 2.64. The minimum absolute atomic E-state index is 0.778. The van der Waals surface area contributed by atoms with Crippen LogP contribution in [0.25, 0.3) is 0 Å². The average molecular weight is 226 g/mol. The zero-order valence-corrected chi connectivity index (χ0v) is 10.6. The maximum Gasteiger partial charge on any atom is 0.0502 e. The summed E-state index contributed by atoms with van der Waals surface area (Å²) in [6.45, 7) is 7.29. The van der Waals surface area contributed by atoms with Gasteiger partial charge in [0.05, 0.1) is 6.61 Å². The van der Waals surface area contributed by atoms with Crippen LogP contribution >= 0.6 is 0 Å². The molecule has 94 valence electrons. The SMILES string of the molecule is COCC1CCCN(CCC2CCNC2)C1. The van der Waals surface area contributed by atoms with Crippen molar-refractivity contribution in [2.75, 3.05) is 46.4 Å². The zero-order chi connectivity index (χ0) is 11.2. The molecule has 16 heavy (non-hydrogen) atoms. The van der Waals surface area contributed by atoms with Gasteiger partial charge in [-0.3, -0.25) is 0 Å². The summed E-state index contributed by atoms with van der Waals surface area (Å²) in [5, 5.41) is 3.45. The number of rotatable bonds is 5. The normalized spacial score (nSPS) is 32.1. The van der Waals surface area contributed by atoms with Crippen LogP contribution in [0.15, 0.2) is 0 Å². The van der Waals surface area contributed by atoms with E-state index in [9.17, 15) is 0 Å². The number of ether oxygens (including phenoxy) is 1. The maximum absolute atomic E-state index is 5.27. The molecule has 2 saturated heterocycles. The van der Waals surface area contributed by atoms with E-state index >= 15 is 0 Å². The predicted octanol–water partition coefficient (Wildman–Crippen LogP) is 1.34. The lowest BCUT2D eigenvalue weighted by Gasteiger charge is -2.32. The maximum atomic E-state index is 5.27. The zero-order valence-electron chi connectivity index (χ0n) is 10.6. The van der Waals surface area contributed by atoms with Gasteiger partial charge in [-0.1, -0.05) is 0 Å². The van der Waals surface area contributed by atoms with E-state index in [1.165, 1.54) is 58.4 Å². The Balaban J connectivity index is 1.64. The van der Waals surface area contributed by atoms with Crippen molar-refractivity contribution in [3.05, 3.63) is 0 Å². The largest absolute Gasteiger partial charge is 0.384 e. The highest BCUT2D eigenvalue weighted by Gasteiger charge is 2.21. The van der Waals surface area contributed by atoms with Crippen LogP contribution in [0.3, 0.4) is 0 Å². The van der Waals surface area contributed by atoms with Crippen LogP contribution in [0.2, 0.25) is 0 Å². The van der Waals surface area contributed by atoms with Gasteiger partial charge in [0, 0.05) is 13.7 Å². The van der Waals surface area contributed by atoms with E-state index in [-0.39, 0.29) is 0 Å². The van der Waals surface area contributed by atoms with Crippen LogP contribution in [-0.2, 0) is 4.74 Å². The Kier molecular flexibility index (Phi) is 5.07. The molecule has 2 rings (SSSR count). The van der Waals surface area contributed by atoms with Crippen molar-refractivity contribution in [1.82, 2.24) is 10.2 Å². The Morgan fingerprint density at radius 2 is 2.25 bits per heavy atom. The lowest BCUT2D eigenvalue weighted by molar-refractivity contribution is 0.0881. The molecule has 0 spiro atoms. The molecule has 0 radical (unpaired) electrons. The molecule has 0 aliphatic carbocycles. The quantitative estimate of drug-likeness (QED) is 0.766. The summed E-state index contributed by atoms with van der Waals surface area (Å²) in [6, 6.07) is 0. The summed E-state index contributed by atoms with van der Waals surface area (Å²) in [7, 11) is 1.82. The summed E-state index contributed by atoms with van der Waals surface area (Å²) in [6.07, 6.45) is 5.48. The molecule has 2 heterocycles. The lowest BCUT2D eigenvalue weighted by atomic mass is 9.97. The molecule has 0 aromatic rings. The summed E-state index contributed by atoms with van der Waals surface area (Å²) >= 11 is 0. The Morgan fingerprint density at radius 3 is 3.00 bits per heavy atom. The van der Waals surface area contributed by atoms with Crippen LogP contribution in [0.1, 0.15) is 25.7 Å². The molecule has 2 unspecified atom stereocenters. The molecule has 2 aliphatic heterocycles. The van der Waals surface area contributed by atoms with Crippen molar-refractivity contribution < 1.29 is 4.74 Å². The molecule has 2 fully saturated rings. The van der Waals surface area contributed by atoms with Gasteiger partial charge in [-0.05, 0) is 63.7 Å². The molecular weight excluding hydrogens is 200 g/mol. The average Bonchev–Trinajstić information content (AvgIpc) is 2.80. The fraction of sp³-hybridized carbons (Fsp3) is 1.00. The Hall–Kier alpha value is -0.120. The number of hydrogen-bond donors (Lipinski definition) is 1. The first-order valence-electron chi connectivity index (χ1n) is 6.80. The number of methoxy groups -OCH3 is 1. The molecule has 0 aromatic heterocycles. The van der Waals surface area contributed by atoms with Crippen molar-refractivity contribution >= 4 is 0 Å². The minimum atomic E-state index is 0.778. The highest BCUT2D eigenvalue weighted by molar-refractivity contribution is 4.76. The molecular formula is C13H26N2O. The molecule has 0 saturated carbocycles. The second-order valence-corrected chi connectivity index (χ2v) is 5.41. The summed E-state index contributed by atoms with van der Waals surface area (Å²) in [5.41, 5.74) is 0. The molecule has 3 heteroatoms. The molecule has 2 aliphatic rings. The molecule has 2 atom stereocenters. The Morgan fingerprint density at radius 1 is 1.31 bits per heavy atom. The Labute approximate surface area is 99.5 Å². The van der Waals surface area contributed by atoms with Gasteiger partial charge in [-0.2, -0.15) is 0 Å². The summed E-state index contributed by atoms with van der Waals surface area (Å²) in [5.74, 6) is 1.71. The highest BCUT2D eigenvalue weighted by atomic mass is 16.5. The van der Waals surface area contributed by atoms with Gasteiger partial charge in [-0.15, -0.1) is 0 Å². The van der Waals surface area contributed by atoms with Gasteiger partial charge in [0.15, 0.2) is 0 Å². The molecule has 1 N–H and O–H groups in total. The van der Waals surface area contributed by atoms with Crippen molar-refractivity contribution in [3.63, 3.8) is 0 Å². The van der Waals surface area contributed by atoms with Crippen molar-refractivity contribution in [1.29, 1.82) is 0 Å². The number of hydrogen-bond acceptors (Lipinski definition) is 3. The standard InChI is InChI=1S/C13H26N2O/c1-16-11-13-3-2-7-15(10-13)8-5-12-4-6-14-9-12/h12-14H,2-11H2,1H3. The van der Waals surface area contributed by atoms with Crippen LogP contribution in [0, 0.1) is 11.8 Å². The van der Waals surface area contributed by atoms with Crippen LogP contribution in [0.4, 0.5) is 0 Å². The van der Waals surface area contributed by atoms with Gasteiger partial charge >= 0.3 is 0 Å². The molecule has 0 bridgehead atoms. The van der Waals surface area contributed by atoms with Gasteiger partial charge in [0.25, 0.3) is 0 Å². The lowest BCUT2D eigenvalue weighted by Crippen LogP contribution is -2.38. The van der Waals surface area contributed by atoms with E-state index in [4.69, 9.17) is 4.74 Å². The third-order valence-corrected chi connectivity index (χ3v) is 4.02. The summed E-state index contributed by atoms with van der Waals surface area (Å²) < 4.78 is 5.27. The van der Waals surface area contributed by atoms with Crippen LogP contribution in [-0.4, -0.2) is 51.3 Å². The van der Waals surface area contributed by atoms with E-state index in [1.54, 1.807) is 0 Å². The molecule has 0 aromatic carbocycles. The fourth-order valence-corrected chi connectivity index (χ4v) is 3.05. The van der Waals surface area contributed by atoms with Gasteiger partial charge in [0.2, 0.25) is 0 Å². The van der Waals surface area contributed by atoms with E-state index < -0.39 is 0 Å². The first kappa shape index (κ1) is 12.3. The Bertz CT molecular complexity index is 190. The van der Waals surface area contributed by atoms with E-state index in [1.807, 2.05) is 7.11 Å². The molecule has 3 nitrogen and oxygen atoms in total. The molecule has 0 amide bonds. The number of nitrogens with one attached hydrogen (secondary N) is 1. The second kappa shape index (κ2) is 6.58. The van der Waals surface area contributed by atoms with Crippen molar-refractivity contribution in [2.45, 2.75) is 25.7 Å². The van der Waals surface area contributed by atoms with Crippen molar-refractivity contribution in [3.8, 4) is 0 Å². The van der Waals surface area contributed by atoms with Crippen molar-refractivity contribution in [2.24, 2.45) is 11.8 Å². The fourth-order valence-electron chi connectivity index (χ4n) is 3.05. The van der Waals surface area contributed by atoms with Gasteiger partial charge < -0.3 is 15.0 Å². The first-order chi connectivity index (χ1) is 7.88. The smallest absolute Gasteiger partial charge is 0.0502 e. The minimum Gasteiger partial charge on any atom is -0.384 e. The van der Waals surface area contributed by atoms with E-state index in [0.29, 0.717) is 0 Å². The van der Waals surface area contributed by atoms with E-state index in [2.05, 4.69) is 10.2 Å². The third kappa shape index (κ3) is 3.72. The number of likely N-dealkylation sites (tertiary alicyclic amines) is 1. The highest BCUT2D eigenvalue weighted by Crippen LogP contribution is 2.19. The third-order valence-electron chi connectivity index (χ3n) is 4.02. The topological polar surface area (TPSA) is 24.5 Å². The monoisotopic (exact) mass is 226 g/mol. The van der Waals surface area contributed by atoms with Gasteiger partial charge in [0.1, 0.15) is 0 Å². The van der Waals surface area contributed by atoms with E-state index in [0.717, 1.165) is 18.4 Å². The van der Waals surface area contributed by atoms with Gasteiger partial charge in [-0.25, -0.2) is 0 Å². The first-order valence-corrected chi connectivity index (χ1v) is 6.80. The van der Waals surface area contributed by atoms with Crippen LogP contribution < -0.4 is 5.32 Å². The predicted molar refractivity (Wildman–Crippen MR) is 66.6 cm³/mol. The number of piperidine rings is 1. The van der Waals surface area contributed by atoms with Crippen LogP contribution in [0.5, 0.6) is 0 Å². The second-order valence-electron chi connectivity index (χ2n) is 5.41.